The van der Waals surface area contributed by atoms with Crippen molar-refractivity contribution < 1.29 is 29.2 Å². The molecular formula is C28H34O6Si. The molecule has 0 amide bonds. The standard InChI is InChI=1S/C28H34O6Si/c1-28(2,3)35(21-15-9-5-10-16-21,22-17-11-6-12-18-22)32-19-23-24(29)25(30)26(31)27(34-23)33-20-13-7-4-8-14-20/h4-18,23-27,29-31H,19H2,1-3H3. The summed E-state index contributed by atoms with van der Waals surface area (Å²) < 4.78 is 18.6. The Balaban J connectivity index is 1.65. The van der Waals surface area contributed by atoms with Crippen LogP contribution in [0, 0.1) is 0 Å². The quantitative estimate of drug-likeness (QED) is 0.438. The number of para-hydroxylation sites is 1. The van der Waals surface area contributed by atoms with Crippen molar-refractivity contribution in [1.82, 2.24) is 0 Å². The van der Waals surface area contributed by atoms with Gasteiger partial charge in [-0.05, 0) is 27.5 Å². The summed E-state index contributed by atoms with van der Waals surface area (Å²) in [7, 11) is -2.87. The van der Waals surface area contributed by atoms with Crippen LogP contribution in [-0.4, -0.2) is 60.9 Å². The average molecular weight is 495 g/mol. The molecule has 6 nitrogen and oxygen atoms in total. The lowest BCUT2D eigenvalue weighted by atomic mass is 9.99. The normalized spacial score (nSPS) is 25.3. The molecule has 1 heterocycles. The van der Waals surface area contributed by atoms with E-state index in [1.54, 1.807) is 24.3 Å². The summed E-state index contributed by atoms with van der Waals surface area (Å²) in [6.07, 6.45) is -6.23. The van der Waals surface area contributed by atoms with Gasteiger partial charge in [0.15, 0.2) is 0 Å². The van der Waals surface area contributed by atoms with Gasteiger partial charge in [0, 0.05) is 0 Å². The van der Waals surface area contributed by atoms with E-state index in [1.807, 2.05) is 42.5 Å². The first-order chi connectivity index (χ1) is 16.7. The number of hydrogen-bond donors (Lipinski definition) is 3. The molecule has 3 N–H and O–H groups in total. The molecular weight excluding hydrogens is 460 g/mol. The Hall–Kier alpha value is -2.52. The van der Waals surface area contributed by atoms with E-state index in [-0.39, 0.29) is 11.6 Å². The zero-order valence-electron chi connectivity index (χ0n) is 20.3. The van der Waals surface area contributed by atoms with E-state index in [4.69, 9.17) is 13.9 Å². The second-order valence-electron chi connectivity index (χ2n) is 9.92. The van der Waals surface area contributed by atoms with Crippen molar-refractivity contribution >= 4 is 18.7 Å². The molecule has 4 rings (SSSR count). The largest absolute Gasteiger partial charge is 0.462 e. The predicted molar refractivity (Wildman–Crippen MR) is 137 cm³/mol. The molecule has 0 aliphatic carbocycles. The molecule has 0 saturated carbocycles. The van der Waals surface area contributed by atoms with Crippen LogP contribution in [-0.2, 0) is 9.16 Å². The number of aliphatic hydroxyl groups is 3. The Kier molecular flexibility index (Phi) is 7.76. The topological polar surface area (TPSA) is 88.4 Å². The van der Waals surface area contributed by atoms with Crippen LogP contribution in [0.15, 0.2) is 91.0 Å². The van der Waals surface area contributed by atoms with Gasteiger partial charge in [0.2, 0.25) is 6.29 Å². The van der Waals surface area contributed by atoms with Gasteiger partial charge >= 0.3 is 0 Å². The maximum Gasteiger partial charge on any atom is 0.261 e. The molecule has 0 radical (unpaired) electrons. The minimum atomic E-state index is -2.87. The molecule has 35 heavy (non-hydrogen) atoms. The summed E-state index contributed by atoms with van der Waals surface area (Å²) in [5, 5.41) is 33.8. The number of benzene rings is 3. The molecule has 0 spiro atoms. The maximum atomic E-state index is 10.8. The minimum absolute atomic E-state index is 0.0207. The molecule has 5 atom stereocenters. The summed E-state index contributed by atoms with van der Waals surface area (Å²) in [4.78, 5) is 0. The van der Waals surface area contributed by atoms with Crippen LogP contribution in [0.2, 0.25) is 5.04 Å². The molecule has 7 heteroatoms. The molecule has 1 aliphatic heterocycles. The molecule has 1 fully saturated rings. The number of rotatable bonds is 7. The second kappa shape index (κ2) is 10.6. The summed E-state index contributed by atoms with van der Waals surface area (Å²) in [5.74, 6) is 0.492. The van der Waals surface area contributed by atoms with Crippen molar-refractivity contribution in [2.45, 2.75) is 56.5 Å². The third-order valence-electron chi connectivity index (χ3n) is 6.54. The number of aliphatic hydroxyl groups excluding tert-OH is 3. The SMILES string of the molecule is CC(C)(C)[Si](OCC1OC(Oc2ccccc2)C(O)C(O)C1O)(c1ccccc1)c1ccccc1. The molecule has 1 aliphatic rings. The fraction of sp³-hybridized carbons (Fsp3) is 0.357. The van der Waals surface area contributed by atoms with Crippen LogP contribution in [0.5, 0.6) is 5.75 Å². The Morgan fingerprint density at radius 1 is 0.714 bits per heavy atom. The lowest BCUT2D eigenvalue weighted by molar-refractivity contribution is -0.276. The molecule has 1 saturated heterocycles. The molecule has 0 aromatic heterocycles. The van der Waals surface area contributed by atoms with E-state index >= 15 is 0 Å². The third kappa shape index (κ3) is 5.21. The van der Waals surface area contributed by atoms with Gasteiger partial charge in [-0.15, -0.1) is 0 Å². The minimum Gasteiger partial charge on any atom is -0.462 e. The van der Waals surface area contributed by atoms with Crippen molar-refractivity contribution in [3.8, 4) is 5.75 Å². The first-order valence-corrected chi connectivity index (χ1v) is 13.8. The van der Waals surface area contributed by atoms with Gasteiger partial charge in [-0.3, -0.25) is 0 Å². The predicted octanol–water partition coefficient (Wildman–Crippen LogP) is 2.45. The molecule has 3 aromatic carbocycles. The Morgan fingerprint density at radius 3 is 1.69 bits per heavy atom. The maximum absolute atomic E-state index is 10.8. The molecule has 3 aromatic rings. The van der Waals surface area contributed by atoms with Crippen LogP contribution in [0.4, 0.5) is 0 Å². The molecule has 5 unspecified atom stereocenters. The van der Waals surface area contributed by atoms with E-state index in [9.17, 15) is 15.3 Å². The van der Waals surface area contributed by atoms with Gasteiger partial charge in [-0.25, -0.2) is 0 Å². The zero-order chi connectivity index (χ0) is 25.1. The third-order valence-corrected chi connectivity index (χ3v) is 11.5. The highest BCUT2D eigenvalue weighted by atomic mass is 28.4. The highest BCUT2D eigenvalue weighted by molar-refractivity contribution is 6.99. The van der Waals surface area contributed by atoms with Gasteiger partial charge < -0.3 is 29.2 Å². The van der Waals surface area contributed by atoms with Crippen molar-refractivity contribution in [3.63, 3.8) is 0 Å². The Bertz CT molecular complexity index is 1020. The van der Waals surface area contributed by atoms with Crippen LogP contribution in [0.3, 0.4) is 0 Å². The van der Waals surface area contributed by atoms with Crippen molar-refractivity contribution in [2.75, 3.05) is 6.61 Å². The van der Waals surface area contributed by atoms with E-state index in [0.29, 0.717) is 5.75 Å². The molecule has 186 valence electrons. The number of ether oxygens (including phenoxy) is 2. The van der Waals surface area contributed by atoms with Gasteiger partial charge in [-0.2, -0.15) is 0 Å². The number of hydrogen-bond acceptors (Lipinski definition) is 6. The fourth-order valence-electron chi connectivity index (χ4n) is 4.75. The highest BCUT2D eigenvalue weighted by Crippen LogP contribution is 2.37. The van der Waals surface area contributed by atoms with Crippen molar-refractivity contribution in [3.05, 3.63) is 91.0 Å². The summed E-state index contributed by atoms with van der Waals surface area (Å²) in [6.45, 7) is 6.51. The van der Waals surface area contributed by atoms with Gasteiger partial charge in [0.25, 0.3) is 8.32 Å². The van der Waals surface area contributed by atoms with Crippen LogP contribution >= 0.6 is 0 Å². The van der Waals surface area contributed by atoms with Crippen molar-refractivity contribution in [2.24, 2.45) is 0 Å². The van der Waals surface area contributed by atoms with Gasteiger partial charge in [0.1, 0.15) is 30.2 Å². The van der Waals surface area contributed by atoms with Crippen LogP contribution in [0.1, 0.15) is 20.8 Å². The van der Waals surface area contributed by atoms with Gasteiger partial charge in [-0.1, -0.05) is 99.6 Å². The first kappa shape index (κ1) is 25.6. The second-order valence-corrected chi connectivity index (χ2v) is 14.2. The highest BCUT2D eigenvalue weighted by Gasteiger charge is 2.52. The fourth-order valence-corrected chi connectivity index (χ4v) is 9.32. The zero-order valence-corrected chi connectivity index (χ0v) is 21.3. The lowest BCUT2D eigenvalue weighted by Gasteiger charge is -2.45. The van der Waals surface area contributed by atoms with Crippen LogP contribution < -0.4 is 15.1 Å². The van der Waals surface area contributed by atoms with E-state index < -0.39 is 39.0 Å². The molecule has 0 bridgehead atoms. The first-order valence-electron chi connectivity index (χ1n) is 11.9. The summed E-state index contributed by atoms with van der Waals surface area (Å²) >= 11 is 0. The smallest absolute Gasteiger partial charge is 0.261 e. The summed E-state index contributed by atoms with van der Waals surface area (Å²) in [6, 6.07) is 29.3. The van der Waals surface area contributed by atoms with Gasteiger partial charge in [0.05, 0.1) is 6.61 Å². The lowest BCUT2D eigenvalue weighted by Crippen LogP contribution is -2.68. The van der Waals surface area contributed by atoms with Crippen molar-refractivity contribution in [1.29, 1.82) is 0 Å². The monoisotopic (exact) mass is 494 g/mol. The summed E-state index contributed by atoms with van der Waals surface area (Å²) in [5.41, 5.74) is 0. The van der Waals surface area contributed by atoms with E-state index in [1.165, 1.54) is 0 Å². The Labute approximate surface area is 207 Å². The van der Waals surface area contributed by atoms with E-state index in [0.717, 1.165) is 10.4 Å². The van der Waals surface area contributed by atoms with E-state index in [2.05, 4.69) is 45.0 Å². The Morgan fingerprint density at radius 2 is 1.20 bits per heavy atom. The van der Waals surface area contributed by atoms with Crippen LogP contribution in [0.25, 0.3) is 0 Å². The average Bonchev–Trinajstić information content (AvgIpc) is 2.86.